The Morgan fingerprint density at radius 3 is 2.95 bits per heavy atom. The fourth-order valence-corrected chi connectivity index (χ4v) is 4.02. The number of hydrogen-bond donors (Lipinski definition) is 1. The van der Waals surface area contributed by atoms with Crippen molar-refractivity contribution in [2.75, 3.05) is 0 Å². The first-order valence-corrected chi connectivity index (χ1v) is 7.04. The highest BCUT2D eigenvalue weighted by Gasteiger charge is 2.32. The van der Waals surface area contributed by atoms with E-state index in [1.807, 2.05) is 0 Å². The predicted octanol–water partition coefficient (Wildman–Crippen LogP) is 1.81. The molecule has 1 atom stereocenters. The average molecular weight is 278 g/mol. The molecule has 0 aliphatic heterocycles. The summed E-state index contributed by atoms with van der Waals surface area (Å²) >= 11 is 1.47. The van der Waals surface area contributed by atoms with Crippen LogP contribution in [-0.4, -0.2) is 20.6 Å². The average Bonchev–Trinajstić information content (AvgIpc) is 2.73. The van der Waals surface area contributed by atoms with Crippen molar-refractivity contribution in [1.29, 1.82) is 0 Å². The van der Waals surface area contributed by atoms with Gasteiger partial charge >= 0.3 is 5.97 Å². The van der Waals surface area contributed by atoms with Crippen molar-refractivity contribution >= 4 is 27.5 Å². The van der Waals surface area contributed by atoms with Crippen molar-refractivity contribution in [2.24, 2.45) is 7.05 Å². The largest absolute Gasteiger partial charge is 0.481 e. The van der Waals surface area contributed by atoms with Crippen LogP contribution in [0.2, 0.25) is 0 Å². The second-order valence-corrected chi connectivity index (χ2v) is 6.01. The molecule has 2 heterocycles. The molecule has 0 aromatic carbocycles. The van der Waals surface area contributed by atoms with Crippen LogP contribution in [0.4, 0.5) is 0 Å². The maximum absolute atomic E-state index is 12.4. The van der Waals surface area contributed by atoms with Crippen LogP contribution in [-0.2, 0) is 18.3 Å². The highest BCUT2D eigenvalue weighted by molar-refractivity contribution is 7.18. The van der Waals surface area contributed by atoms with E-state index in [1.54, 1.807) is 14.0 Å². The van der Waals surface area contributed by atoms with Gasteiger partial charge in [0.25, 0.3) is 5.56 Å². The Morgan fingerprint density at radius 2 is 2.26 bits per heavy atom. The number of rotatable bonds is 1. The molecule has 0 radical (unpaired) electrons. The van der Waals surface area contributed by atoms with E-state index >= 15 is 0 Å². The molecule has 19 heavy (non-hydrogen) atoms. The van der Waals surface area contributed by atoms with Gasteiger partial charge in [0.1, 0.15) is 10.7 Å². The summed E-state index contributed by atoms with van der Waals surface area (Å²) < 4.78 is 1.49. The van der Waals surface area contributed by atoms with Crippen LogP contribution in [0.5, 0.6) is 0 Å². The minimum atomic E-state index is -0.844. The van der Waals surface area contributed by atoms with Crippen LogP contribution in [0, 0.1) is 6.92 Å². The third kappa shape index (κ3) is 1.70. The Kier molecular flexibility index (Phi) is 2.70. The molecule has 1 unspecified atom stereocenters. The lowest BCUT2D eigenvalue weighted by atomic mass is 9.86. The number of carboxylic acids is 1. The number of nitrogens with zero attached hydrogens (tertiary/aromatic N) is 2. The molecule has 0 amide bonds. The molecule has 5 nitrogen and oxygen atoms in total. The zero-order valence-corrected chi connectivity index (χ0v) is 11.6. The van der Waals surface area contributed by atoms with E-state index in [-0.39, 0.29) is 5.56 Å². The number of hydrogen-bond acceptors (Lipinski definition) is 4. The Hall–Kier alpha value is -1.69. The van der Waals surface area contributed by atoms with Crippen molar-refractivity contribution in [3.63, 3.8) is 0 Å². The molecule has 0 saturated heterocycles. The number of carbonyl (C=O) groups is 1. The maximum Gasteiger partial charge on any atom is 0.311 e. The zero-order valence-electron chi connectivity index (χ0n) is 10.8. The molecule has 1 aliphatic rings. The van der Waals surface area contributed by atoms with Crippen molar-refractivity contribution < 1.29 is 9.90 Å². The fourth-order valence-electron chi connectivity index (χ4n) is 2.71. The Labute approximate surface area is 113 Å². The molecule has 100 valence electrons. The van der Waals surface area contributed by atoms with Crippen LogP contribution in [0.3, 0.4) is 0 Å². The molecule has 2 aromatic rings. The van der Waals surface area contributed by atoms with Crippen LogP contribution >= 0.6 is 11.3 Å². The molecule has 0 spiro atoms. The number of aryl methyl sites for hydroxylation is 2. The number of fused-ring (bicyclic) bond motifs is 3. The summed E-state index contributed by atoms with van der Waals surface area (Å²) in [5, 5.41) is 9.87. The molecule has 0 saturated carbocycles. The molecule has 6 heteroatoms. The van der Waals surface area contributed by atoms with Gasteiger partial charge in [-0.15, -0.1) is 11.3 Å². The van der Waals surface area contributed by atoms with Gasteiger partial charge < -0.3 is 5.11 Å². The number of thiophene rings is 1. The lowest BCUT2D eigenvalue weighted by molar-refractivity contribution is -0.139. The highest BCUT2D eigenvalue weighted by atomic mass is 32.1. The van der Waals surface area contributed by atoms with Crippen LogP contribution in [0.1, 0.15) is 35.0 Å². The standard InChI is InChI=1S/C13H14N2O3S/c1-6-14-11-10(12(16)15(6)2)9-7(13(17)18)4-3-5-8(9)19-11/h7H,3-5H2,1-2H3,(H,17,18). The molecule has 1 aliphatic carbocycles. The topological polar surface area (TPSA) is 72.2 Å². The Bertz CT molecular complexity index is 744. The molecule has 1 N–H and O–H groups in total. The van der Waals surface area contributed by atoms with Crippen molar-refractivity contribution in [3.05, 3.63) is 26.6 Å². The SMILES string of the molecule is Cc1nc2sc3c(c2c(=O)n1C)C(C(=O)O)CCC3. The van der Waals surface area contributed by atoms with E-state index < -0.39 is 11.9 Å². The summed E-state index contributed by atoms with van der Waals surface area (Å²) in [5.41, 5.74) is 0.583. The van der Waals surface area contributed by atoms with Gasteiger partial charge in [0.05, 0.1) is 11.3 Å². The minimum absolute atomic E-state index is 0.131. The van der Waals surface area contributed by atoms with E-state index in [9.17, 15) is 14.7 Å². The summed E-state index contributed by atoms with van der Waals surface area (Å²) in [4.78, 5) is 29.9. The first-order chi connectivity index (χ1) is 9.00. The van der Waals surface area contributed by atoms with Gasteiger partial charge in [-0.1, -0.05) is 0 Å². The van der Waals surface area contributed by atoms with Gasteiger partial charge in [0.2, 0.25) is 0 Å². The molecule has 0 fully saturated rings. The fraction of sp³-hybridized carbons (Fsp3) is 0.462. The number of carboxylic acid groups (broad SMARTS) is 1. The summed E-state index contributed by atoms with van der Waals surface area (Å²) in [6, 6.07) is 0. The summed E-state index contributed by atoms with van der Waals surface area (Å²) in [6.07, 6.45) is 2.31. The first-order valence-electron chi connectivity index (χ1n) is 6.22. The Balaban J connectivity index is 2.41. The molecular weight excluding hydrogens is 264 g/mol. The third-order valence-corrected chi connectivity index (χ3v) is 4.97. The van der Waals surface area contributed by atoms with E-state index in [1.165, 1.54) is 15.9 Å². The van der Waals surface area contributed by atoms with Crippen molar-refractivity contribution in [1.82, 2.24) is 9.55 Å². The third-order valence-electron chi connectivity index (χ3n) is 3.81. The van der Waals surface area contributed by atoms with Crippen LogP contribution < -0.4 is 5.56 Å². The van der Waals surface area contributed by atoms with E-state index in [2.05, 4.69) is 4.98 Å². The monoisotopic (exact) mass is 278 g/mol. The van der Waals surface area contributed by atoms with E-state index in [0.717, 1.165) is 17.7 Å². The van der Waals surface area contributed by atoms with E-state index in [0.29, 0.717) is 28.0 Å². The zero-order chi connectivity index (χ0) is 13.7. The first kappa shape index (κ1) is 12.3. The highest BCUT2D eigenvalue weighted by Crippen LogP contribution is 2.40. The summed E-state index contributed by atoms with van der Waals surface area (Å²) in [5.74, 6) is -0.749. The minimum Gasteiger partial charge on any atom is -0.481 e. The van der Waals surface area contributed by atoms with Crippen LogP contribution in [0.15, 0.2) is 4.79 Å². The second-order valence-electron chi connectivity index (χ2n) is 4.93. The summed E-state index contributed by atoms with van der Waals surface area (Å²) in [7, 11) is 1.67. The van der Waals surface area contributed by atoms with Gasteiger partial charge in [-0.05, 0) is 31.7 Å². The quantitative estimate of drug-likeness (QED) is 0.863. The van der Waals surface area contributed by atoms with Gasteiger partial charge in [0.15, 0.2) is 0 Å². The number of aromatic nitrogens is 2. The predicted molar refractivity (Wildman–Crippen MR) is 72.9 cm³/mol. The summed E-state index contributed by atoms with van der Waals surface area (Å²) in [6.45, 7) is 1.79. The normalized spacial score (nSPS) is 18.5. The molecular formula is C13H14N2O3S. The van der Waals surface area contributed by atoms with Crippen molar-refractivity contribution in [3.8, 4) is 0 Å². The molecule has 0 bridgehead atoms. The number of aliphatic carboxylic acids is 1. The molecule has 2 aromatic heterocycles. The van der Waals surface area contributed by atoms with Gasteiger partial charge in [-0.3, -0.25) is 14.2 Å². The van der Waals surface area contributed by atoms with Gasteiger partial charge in [-0.2, -0.15) is 0 Å². The van der Waals surface area contributed by atoms with Gasteiger partial charge in [-0.25, -0.2) is 4.98 Å². The van der Waals surface area contributed by atoms with Crippen LogP contribution in [0.25, 0.3) is 10.2 Å². The molecule has 3 rings (SSSR count). The second kappa shape index (κ2) is 4.16. The Morgan fingerprint density at radius 1 is 1.53 bits per heavy atom. The lowest BCUT2D eigenvalue weighted by Gasteiger charge is -2.18. The van der Waals surface area contributed by atoms with Crippen molar-refractivity contribution in [2.45, 2.75) is 32.1 Å². The smallest absolute Gasteiger partial charge is 0.311 e. The van der Waals surface area contributed by atoms with Gasteiger partial charge in [0, 0.05) is 11.9 Å². The lowest BCUT2D eigenvalue weighted by Crippen LogP contribution is -2.23. The van der Waals surface area contributed by atoms with E-state index in [4.69, 9.17) is 0 Å². The maximum atomic E-state index is 12.4.